The van der Waals surface area contributed by atoms with Crippen molar-refractivity contribution in [2.24, 2.45) is 5.92 Å². The summed E-state index contributed by atoms with van der Waals surface area (Å²) in [6, 6.07) is 2.70. The van der Waals surface area contributed by atoms with E-state index in [4.69, 9.17) is 4.74 Å². The summed E-state index contributed by atoms with van der Waals surface area (Å²) < 4.78 is 5.38. The van der Waals surface area contributed by atoms with Crippen LogP contribution in [-0.2, 0) is 4.74 Å². The fraction of sp³-hybridized carbons (Fsp3) is 0.929. The van der Waals surface area contributed by atoms with E-state index >= 15 is 0 Å². The van der Waals surface area contributed by atoms with E-state index in [1.807, 2.05) is 0 Å². The van der Waals surface area contributed by atoms with Gasteiger partial charge in [0.05, 0.1) is 19.3 Å². The average Bonchev–Trinajstić information content (AvgIpc) is 2.34. The maximum absolute atomic E-state index is 9.46. The third-order valence-corrected chi connectivity index (χ3v) is 4.17. The molecule has 1 unspecified atom stereocenters. The average molecular weight is 236 g/mol. The van der Waals surface area contributed by atoms with Crippen molar-refractivity contribution in [3.63, 3.8) is 0 Å². The monoisotopic (exact) mass is 236 g/mol. The predicted molar refractivity (Wildman–Crippen MR) is 67.6 cm³/mol. The van der Waals surface area contributed by atoms with Gasteiger partial charge in [-0.1, -0.05) is 32.1 Å². The van der Waals surface area contributed by atoms with Crippen molar-refractivity contribution in [2.75, 3.05) is 26.3 Å². The summed E-state index contributed by atoms with van der Waals surface area (Å²) in [5.74, 6) is 0.596. The molecule has 0 N–H and O–H groups in total. The molecule has 1 aliphatic carbocycles. The standard InChI is InChI=1S/C14H24N2O/c15-12-14(16-8-10-17-11-9-16)13-6-4-2-1-3-5-7-13/h13-14H,1-11H2. The van der Waals surface area contributed by atoms with Crippen LogP contribution in [0, 0.1) is 17.2 Å². The molecular formula is C14H24N2O. The van der Waals surface area contributed by atoms with Gasteiger partial charge in [0.15, 0.2) is 0 Å². The van der Waals surface area contributed by atoms with Crippen molar-refractivity contribution in [3.8, 4) is 6.07 Å². The van der Waals surface area contributed by atoms with E-state index in [9.17, 15) is 5.26 Å². The van der Waals surface area contributed by atoms with Crippen LogP contribution in [0.3, 0.4) is 0 Å². The van der Waals surface area contributed by atoms with Crippen LogP contribution in [-0.4, -0.2) is 37.2 Å². The Bertz CT molecular complexity index is 247. The summed E-state index contributed by atoms with van der Waals surface area (Å²) in [5.41, 5.74) is 0. The van der Waals surface area contributed by atoms with Gasteiger partial charge in [-0.25, -0.2) is 0 Å². The van der Waals surface area contributed by atoms with E-state index < -0.39 is 0 Å². The van der Waals surface area contributed by atoms with Crippen LogP contribution in [0.1, 0.15) is 44.9 Å². The fourth-order valence-electron chi connectivity index (χ4n) is 3.14. The number of nitrogens with zero attached hydrogens (tertiary/aromatic N) is 2. The Morgan fingerprint density at radius 3 is 2.18 bits per heavy atom. The lowest BCUT2D eigenvalue weighted by atomic mass is 9.85. The van der Waals surface area contributed by atoms with Crippen molar-refractivity contribution >= 4 is 0 Å². The first kappa shape index (κ1) is 12.9. The van der Waals surface area contributed by atoms with Crippen LogP contribution < -0.4 is 0 Å². The number of hydrogen-bond donors (Lipinski definition) is 0. The fourth-order valence-corrected chi connectivity index (χ4v) is 3.14. The van der Waals surface area contributed by atoms with Crippen molar-refractivity contribution in [3.05, 3.63) is 0 Å². The lowest BCUT2D eigenvalue weighted by molar-refractivity contribution is 0.0133. The van der Waals surface area contributed by atoms with E-state index in [1.165, 1.54) is 44.9 Å². The van der Waals surface area contributed by atoms with E-state index in [0.29, 0.717) is 5.92 Å². The maximum atomic E-state index is 9.46. The summed E-state index contributed by atoms with van der Waals surface area (Å²) >= 11 is 0. The first-order valence-electron chi connectivity index (χ1n) is 7.13. The molecule has 1 saturated carbocycles. The molecule has 2 rings (SSSR count). The Labute approximate surface area is 105 Å². The highest BCUT2D eigenvalue weighted by Gasteiger charge is 2.28. The van der Waals surface area contributed by atoms with Crippen molar-refractivity contribution < 1.29 is 4.74 Å². The first-order valence-corrected chi connectivity index (χ1v) is 7.13. The van der Waals surface area contributed by atoms with Gasteiger partial charge >= 0.3 is 0 Å². The van der Waals surface area contributed by atoms with E-state index in [-0.39, 0.29) is 6.04 Å². The number of ether oxygens (including phenoxy) is 1. The molecule has 0 aromatic carbocycles. The summed E-state index contributed by atoms with van der Waals surface area (Å²) in [7, 11) is 0. The Morgan fingerprint density at radius 1 is 1.00 bits per heavy atom. The van der Waals surface area contributed by atoms with E-state index in [2.05, 4.69) is 11.0 Å². The molecule has 2 aliphatic rings. The van der Waals surface area contributed by atoms with Gasteiger partial charge in [0.2, 0.25) is 0 Å². The molecular weight excluding hydrogens is 212 g/mol. The Balaban J connectivity index is 1.92. The highest BCUT2D eigenvalue weighted by molar-refractivity contribution is 4.97. The number of morpholine rings is 1. The molecule has 0 aromatic rings. The van der Waals surface area contributed by atoms with Crippen molar-refractivity contribution in [2.45, 2.75) is 51.0 Å². The van der Waals surface area contributed by atoms with Crippen LogP contribution in [0.2, 0.25) is 0 Å². The van der Waals surface area contributed by atoms with Gasteiger partial charge in [0, 0.05) is 13.1 Å². The minimum atomic E-state index is 0.136. The zero-order chi connectivity index (χ0) is 11.9. The molecule has 3 nitrogen and oxygen atoms in total. The van der Waals surface area contributed by atoms with Crippen LogP contribution >= 0.6 is 0 Å². The third kappa shape index (κ3) is 3.69. The molecule has 3 heteroatoms. The van der Waals surface area contributed by atoms with Crippen molar-refractivity contribution in [1.29, 1.82) is 5.26 Å². The van der Waals surface area contributed by atoms with Gasteiger partial charge in [0.25, 0.3) is 0 Å². The first-order chi connectivity index (χ1) is 8.42. The molecule has 0 amide bonds. The van der Waals surface area contributed by atoms with Gasteiger partial charge in [-0.2, -0.15) is 5.26 Å². The number of hydrogen-bond acceptors (Lipinski definition) is 3. The second kappa shape index (κ2) is 6.98. The SMILES string of the molecule is N#CC(C1CCCCCCC1)N1CCOCC1. The van der Waals surface area contributed by atoms with Gasteiger partial charge in [0.1, 0.15) is 6.04 Å². The Hall–Kier alpha value is -0.590. The quantitative estimate of drug-likeness (QED) is 0.739. The molecule has 0 bridgehead atoms. The molecule has 1 heterocycles. The number of rotatable bonds is 2. The van der Waals surface area contributed by atoms with Crippen LogP contribution in [0.4, 0.5) is 0 Å². The lowest BCUT2D eigenvalue weighted by Crippen LogP contribution is -2.46. The topological polar surface area (TPSA) is 36.3 Å². The highest BCUT2D eigenvalue weighted by Crippen LogP contribution is 2.27. The second-order valence-electron chi connectivity index (χ2n) is 5.33. The van der Waals surface area contributed by atoms with Gasteiger partial charge in [-0.15, -0.1) is 0 Å². The molecule has 0 spiro atoms. The lowest BCUT2D eigenvalue weighted by Gasteiger charge is -2.35. The largest absolute Gasteiger partial charge is 0.379 e. The highest BCUT2D eigenvalue weighted by atomic mass is 16.5. The van der Waals surface area contributed by atoms with Gasteiger partial charge in [-0.05, 0) is 18.8 Å². The normalized spacial score (nSPS) is 26.8. The van der Waals surface area contributed by atoms with Gasteiger partial charge in [-0.3, -0.25) is 4.90 Å². The second-order valence-corrected chi connectivity index (χ2v) is 5.33. The molecule has 1 saturated heterocycles. The molecule has 0 aromatic heterocycles. The summed E-state index contributed by atoms with van der Waals surface area (Å²) in [5, 5.41) is 9.46. The zero-order valence-corrected chi connectivity index (χ0v) is 10.7. The van der Waals surface area contributed by atoms with Crippen LogP contribution in [0.5, 0.6) is 0 Å². The number of nitriles is 1. The molecule has 2 fully saturated rings. The molecule has 1 aliphatic heterocycles. The van der Waals surface area contributed by atoms with E-state index in [1.54, 1.807) is 0 Å². The minimum Gasteiger partial charge on any atom is -0.379 e. The van der Waals surface area contributed by atoms with Crippen molar-refractivity contribution in [1.82, 2.24) is 4.90 Å². The molecule has 1 atom stereocenters. The molecule has 0 radical (unpaired) electrons. The molecule has 96 valence electrons. The van der Waals surface area contributed by atoms with Crippen LogP contribution in [0.15, 0.2) is 0 Å². The predicted octanol–water partition coefficient (Wildman–Crippen LogP) is 2.57. The summed E-state index contributed by atoms with van der Waals surface area (Å²) in [4.78, 5) is 2.34. The summed E-state index contributed by atoms with van der Waals surface area (Å²) in [6.45, 7) is 3.47. The minimum absolute atomic E-state index is 0.136. The smallest absolute Gasteiger partial charge is 0.101 e. The van der Waals surface area contributed by atoms with Gasteiger partial charge < -0.3 is 4.74 Å². The maximum Gasteiger partial charge on any atom is 0.101 e. The third-order valence-electron chi connectivity index (χ3n) is 4.17. The Kier molecular flexibility index (Phi) is 5.28. The van der Waals surface area contributed by atoms with E-state index in [0.717, 1.165) is 26.3 Å². The zero-order valence-electron chi connectivity index (χ0n) is 10.7. The summed E-state index contributed by atoms with van der Waals surface area (Å²) in [6.07, 6.45) is 9.22. The van der Waals surface area contributed by atoms with Crippen LogP contribution in [0.25, 0.3) is 0 Å². The molecule has 17 heavy (non-hydrogen) atoms. The Morgan fingerprint density at radius 2 is 1.59 bits per heavy atom.